The Morgan fingerprint density at radius 2 is 1.88 bits per heavy atom. The number of fused-ring (bicyclic) bond motifs is 1. The normalized spacial score (nSPS) is 12.1. The number of pyridine rings is 1. The van der Waals surface area contributed by atoms with Crippen molar-refractivity contribution in [2.45, 2.75) is 26.2 Å². The van der Waals surface area contributed by atoms with Crippen LogP contribution in [0.2, 0.25) is 5.02 Å². The first-order valence-corrected chi connectivity index (χ1v) is 6.80. The third kappa shape index (κ3) is 2.50. The third-order valence-electron chi connectivity index (χ3n) is 2.63. The molecule has 0 radical (unpaired) electrons. The Kier molecular flexibility index (Phi) is 3.25. The van der Waals surface area contributed by atoms with Crippen LogP contribution >= 0.6 is 34.2 Å². The molecule has 2 nitrogen and oxygen atoms in total. The molecule has 0 aliphatic heterocycles. The first-order valence-electron chi connectivity index (χ1n) is 5.35. The molecule has 4 heteroatoms. The van der Waals surface area contributed by atoms with Gasteiger partial charge in [0.05, 0.1) is 5.52 Å². The molecule has 0 saturated heterocycles. The lowest BCUT2D eigenvalue weighted by Gasteiger charge is -2.19. The molecule has 1 aromatic heterocycles. The van der Waals surface area contributed by atoms with Gasteiger partial charge in [-0.05, 0) is 40.8 Å². The summed E-state index contributed by atoms with van der Waals surface area (Å²) in [5.74, 6) is 0. The number of hydrogen-bond acceptors (Lipinski definition) is 2. The van der Waals surface area contributed by atoms with E-state index in [1.807, 2.05) is 18.2 Å². The summed E-state index contributed by atoms with van der Waals surface area (Å²) in [6.45, 7) is 6.39. The van der Waals surface area contributed by atoms with E-state index in [0.717, 1.165) is 25.9 Å². The fourth-order valence-corrected chi connectivity index (χ4v) is 2.81. The minimum absolute atomic E-state index is 0.00890. The van der Waals surface area contributed by atoms with E-state index < -0.39 is 0 Å². The van der Waals surface area contributed by atoms with Crippen molar-refractivity contribution in [3.05, 3.63) is 32.5 Å². The maximum Gasteiger partial charge on any atom is 0.0860 e. The van der Waals surface area contributed by atoms with E-state index in [9.17, 15) is 0 Å². The fraction of sp³-hybridized carbons (Fsp3) is 0.308. The molecule has 0 atom stereocenters. The van der Waals surface area contributed by atoms with Gasteiger partial charge >= 0.3 is 0 Å². The summed E-state index contributed by atoms with van der Waals surface area (Å²) in [5.41, 5.74) is 8.75. The van der Waals surface area contributed by atoms with Crippen LogP contribution in [0.15, 0.2) is 18.2 Å². The number of benzene rings is 1. The van der Waals surface area contributed by atoms with Crippen LogP contribution in [0, 0.1) is 3.57 Å². The summed E-state index contributed by atoms with van der Waals surface area (Å²) in [4.78, 5) is 4.70. The molecule has 0 saturated carbocycles. The topological polar surface area (TPSA) is 38.9 Å². The molecule has 0 aliphatic carbocycles. The van der Waals surface area contributed by atoms with Crippen LogP contribution in [0.25, 0.3) is 10.9 Å². The van der Waals surface area contributed by atoms with E-state index in [-0.39, 0.29) is 5.41 Å². The molecule has 0 bridgehead atoms. The zero-order valence-electron chi connectivity index (χ0n) is 10.0. The van der Waals surface area contributed by atoms with Gasteiger partial charge in [0, 0.05) is 30.8 Å². The van der Waals surface area contributed by atoms with Crippen molar-refractivity contribution in [2.75, 3.05) is 5.73 Å². The van der Waals surface area contributed by atoms with Gasteiger partial charge in [-0.2, -0.15) is 0 Å². The number of nitrogen functional groups attached to an aromatic ring is 1. The van der Waals surface area contributed by atoms with Gasteiger partial charge in [0.15, 0.2) is 0 Å². The van der Waals surface area contributed by atoms with Crippen molar-refractivity contribution >= 4 is 50.8 Å². The zero-order valence-corrected chi connectivity index (χ0v) is 12.9. The summed E-state index contributed by atoms with van der Waals surface area (Å²) in [5, 5.41) is 1.62. The standard InChI is InChI=1S/C13H14ClIN2/c1-13(2,3)11-6-10(16)8-4-7(14)5-9(15)12(8)17-11/h4-6H,1-3H3,(H2,16,17). The second-order valence-electron chi connectivity index (χ2n) is 5.13. The number of anilines is 1. The number of hydrogen-bond donors (Lipinski definition) is 1. The van der Waals surface area contributed by atoms with Crippen LogP contribution in [0.1, 0.15) is 26.5 Å². The first kappa shape index (κ1) is 12.9. The molecule has 2 rings (SSSR count). The van der Waals surface area contributed by atoms with Crippen LogP contribution in [-0.4, -0.2) is 4.98 Å². The number of rotatable bonds is 0. The summed E-state index contributed by atoms with van der Waals surface area (Å²) in [7, 11) is 0. The highest BCUT2D eigenvalue weighted by Gasteiger charge is 2.18. The van der Waals surface area contributed by atoms with Crippen LogP contribution in [0.4, 0.5) is 5.69 Å². The van der Waals surface area contributed by atoms with E-state index in [2.05, 4.69) is 43.4 Å². The second kappa shape index (κ2) is 4.28. The van der Waals surface area contributed by atoms with Crippen LogP contribution in [0.5, 0.6) is 0 Å². The maximum atomic E-state index is 6.09. The molecule has 0 aliphatic rings. The molecule has 1 heterocycles. The molecule has 90 valence electrons. The zero-order chi connectivity index (χ0) is 12.8. The van der Waals surface area contributed by atoms with E-state index in [1.54, 1.807) is 0 Å². The first-order chi connectivity index (χ1) is 7.79. The highest BCUT2D eigenvalue weighted by Crippen LogP contribution is 2.31. The van der Waals surface area contributed by atoms with Crippen molar-refractivity contribution in [3.8, 4) is 0 Å². The molecule has 0 fully saturated rings. The van der Waals surface area contributed by atoms with Gasteiger partial charge in [-0.25, -0.2) is 0 Å². The number of nitrogens with zero attached hydrogens (tertiary/aromatic N) is 1. The SMILES string of the molecule is CC(C)(C)c1cc(N)c2cc(Cl)cc(I)c2n1. The lowest BCUT2D eigenvalue weighted by molar-refractivity contribution is 0.572. The third-order valence-corrected chi connectivity index (χ3v) is 3.67. The van der Waals surface area contributed by atoms with Gasteiger partial charge in [-0.15, -0.1) is 0 Å². The van der Waals surface area contributed by atoms with Gasteiger partial charge in [0.1, 0.15) is 0 Å². The highest BCUT2D eigenvalue weighted by atomic mass is 127. The Hall–Kier alpha value is -0.550. The summed E-state index contributed by atoms with van der Waals surface area (Å²) in [6, 6.07) is 5.71. The summed E-state index contributed by atoms with van der Waals surface area (Å²) >= 11 is 8.28. The van der Waals surface area contributed by atoms with E-state index in [4.69, 9.17) is 22.3 Å². The molecule has 0 amide bonds. The molecular formula is C13H14ClIN2. The Bertz CT molecular complexity index is 588. The van der Waals surface area contributed by atoms with Crippen molar-refractivity contribution in [1.29, 1.82) is 0 Å². The Labute approximate surface area is 120 Å². The predicted octanol–water partition coefficient (Wildman–Crippen LogP) is 4.37. The molecule has 0 spiro atoms. The second-order valence-corrected chi connectivity index (χ2v) is 6.73. The molecular weight excluding hydrogens is 347 g/mol. The molecule has 2 N–H and O–H groups in total. The molecule has 17 heavy (non-hydrogen) atoms. The molecule has 2 aromatic rings. The van der Waals surface area contributed by atoms with E-state index >= 15 is 0 Å². The fourth-order valence-electron chi connectivity index (χ4n) is 1.66. The Morgan fingerprint density at radius 1 is 1.24 bits per heavy atom. The summed E-state index contributed by atoms with van der Waals surface area (Å²) < 4.78 is 1.03. The van der Waals surface area contributed by atoms with Crippen molar-refractivity contribution in [2.24, 2.45) is 0 Å². The van der Waals surface area contributed by atoms with Gasteiger partial charge in [0.25, 0.3) is 0 Å². The molecule has 0 unspecified atom stereocenters. The van der Waals surface area contributed by atoms with Crippen molar-refractivity contribution in [1.82, 2.24) is 4.98 Å². The molecule has 1 aromatic carbocycles. The predicted molar refractivity (Wildman–Crippen MR) is 82.6 cm³/mol. The van der Waals surface area contributed by atoms with Crippen LogP contribution < -0.4 is 5.73 Å². The number of aromatic nitrogens is 1. The van der Waals surface area contributed by atoms with Gasteiger partial charge in [-0.3, -0.25) is 4.98 Å². The smallest absolute Gasteiger partial charge is 0.0860 e. The van der Waals surface area contributed by atoms with Crippen molar-refractivity contribution < 1.29 is 0 Å². The van der Waals surface area contributed by atoms with Crippen LogP contribution in [-0.2, 0) is 5.41 Å². The average molecular weight is 361 g/mol. The maximum absolute atomic E-state index is 6.09. The minimum Gasteiger partial charge on any atom is -0.398 e. The van der Waals surface area contributed by atoms with Gasteiger partial charge in [-0.1, -0.05) is 32.4 Å². The van der Waals surface area contributed by atoms with Gasteiger partial charge < -0.3 is 5.73 Å². The highest BCUT2D eigenvalue weighted by molar-refractivity contribution is 14.1. The number of nitrogens with two attached hydrogens (primary N) is 1. The Balaban J connectivity index is 2.83. The van der Waals surface area contributed by atoms with Crippen molar-refractivity contribution in [3.63, 3.8) is 0 Å². The number of halogens is 2. The average Bonchev–Trinajstić information content (AvgIpc) is 2.17. The van der Waals surface area contributed by atoms with E-state index in [1.165, 1.54) is 0 Å². The van der Waals surface area contributed by atoms with Crippen LogP contribution in [0.3, 0.4) is 0 Å². The Morgan fingerprint density at radius 3 is 2.47 bits per heavy atom. The summed E-state index contributed by atoms with van der Waals surface area (Å²) in [6.07, 6.45) is 0. The minimum atomic E-state index is -0.00890. The lowest BCUT2D eigenvalue weighted by atomic mass is 9.91. The van der Waals surface area contributed by atoms with E-state index in [0.29, 0.717) is 5.02 Å². The monoisotopic (exact) mass is 360 g/mol. The van der Waals surface area contributed by atoms with Gasteiger partial charge in [0.2, 0.25) is 0 Å². The quantitative estimate of drug-likeness (QED) is 0.708. The lowest BCUT2D eigenvalue weighted by Crippen LogP contribution is -2.14. The largest absolute Gasteiger partial charge is 0.398 e.